The summed E-state index contributed by atoms with van der Waals surface area (Å²) in [5.74, 6) is 0.103. The van der Waals surface area contributed by atoms with Gasteiger partial charge in [0.15, 0.2) is 0 Å². The largest absolute Gasteiger partial charge is 0.370 e. The fourth-order valence-electron chi connectivity index (χ4n) is 1.83. The number of pyridine rings is 1. The van der Waals surface area contributed by atoms with Crippen LogP contribution in [0.15, 0.2) is 41.4 Å². The summed E-state index contributed by atoms with van der Waals surface area (Å²) in [5.41, 5.74) is 0.816. The van der Waals surface area contributed by atoms with E-state index in [9.17, 15) is 12.8 Å². The molecule has 0 fully saturated rings. The Kier molecular flexibility index (Phi) is 4.42. The van der Waals surface area contributed by atoms with E-state index in [1.165, 1.54) is 18.3 Å². The summed E-state index contributed by atoms with van der Waals surface area (Å²) in [5, 5.41) is 2.97. The van der Waals surface area contributed by atoms with Crippen LogP contribution in [0.1, 0.15) is 12.5 Å². The Balaban J connectivity index is 2.25. The molecule has 0 saturated heterocycles. The standard InChI is InChI=1S/C14H16FN3O2S/c1-3-16-14-5-4-13(9-17-14)21(19,20)18-12-7-10(2)6-11(15)8-12/h4-9,18H,3H2,1-2H3,(H,16,17). The van der Waals surface area contributed by atoms with Gasteiger partial charge in [0, 0.05) is 12.7 Å². The van der Waals surface area contributed by atoms with E-state index in [1.807, 2.05) is 6.92 Å². The van der Waals surface area contributed by atoms with Crippen LogP contribution in [0, 0.1) is 12.7 Å². The maximum Gasteiger partial charge on any atom is 0.263 e. The van der Waals surface area contributed by atoms with Gasteiger partial charge in [-0.05, 0) is 49.7 Å². The van der Waals surface area contributed by atoms with E-state index < -0.39 is 15.8 Å². The lowest BCUT2D eigenvalue weighted by Gasteiger charge is -2.09. The molecule has 0 aliphatic rings. The van der Waals surface area contributed by atoms with Gasteiger partial charge < -0.3 is 5.32 Å². The summed E-state index contributed by atoms with van der Waals surface area (Å²) in [7, 11) is -3.79. The molecule has 0 amide bonds. The first-order chi connectivity index (χ1) is 9.90. The van der Waals surface area contributed by atoms with Gasteiger partial charge in [-0.1, -0.05) is 0 Å². The van der Waals surface area contributed by atoms with Gasteiger partial charge in [-0.15, -0.1) is 0 Å². The highest BCUT2D eigenvalue weighted by atomic mass is 32.2. The van der Waals surface area contributed by atoms with Crippen molar-refractivity contribution in [3.05, 3.63) is 47.9 Å². The molecule has 2 rings (SSSR count). The molecular weight excluding hydrogens is 293 g/mol. The minimum atomic E-state index is -3.79. The molecule has 0 unspecified atom stereocenters. The minimum Gasteiger partial charge on any atom is -0.370 e. The van der Waals surface area contributed by atoms with Crippen LogP contribution in [0.3, 0.4) is 0 Å². The van der Waals surface area contributed by atoms with Crippen LogP contribution in [0.25, 0.3) is 0 Å². The highest BCUT2D eigenvalue weighted by Crippen LogP contribution is 2.19. The monoisotopic (exact) mass is 309 g/mol. The summed E-state index contributed by atoms with van der Waals surface area (Å²) in [6.07, 6.45) is 1.26. The number of hydrogen-bond donors (Lipinski definition) is 2. The molecule has 0 bridgehead atoms. The number of nitrogens with zero attached hydrogens (tertiary/aromatic N) is 1. The Hall–Kier alpha value is -2.15. The lowest BCUT2D eigenvalue weighted by molar-refractivity contribution is 0.600. The second kappa shape index (κ2) is 6.09. The van der Waals surface area contributed by atoms with Gasteiger partial charge >= 0.3 is 0 Å². The Labute approximate surface area is 123 Å². The first kappa shape index (κ1) is 15.2. The number of sulfonamides is 1. The van der Waals surface area contributed by atoms with Crippen LogP contribution in [0.2, 0.25) is 0 Å². The van der Waals surface area contributed by atoms with Crippen LogP contribution in [-0.4, -0.2) is 19.9 Å². The zero-order chi connectivity index (χ0) is 15.5. The van der Waals surface area contributed by atoms with Gasteiger partial charge in [0.25, 0.3) is 10.0 Å². The molecule has 0 aliphatic heterocycles. The number of nitrogens with one attached hydrogen (secondary N) is 2. The average molecular weight is 309 g/mol. The summed E-state index contributed by atoms with van der Waals surface area (Å²) in [6, 6.07) is 7.03. The predicted molar refractivity (Wildman–Crippen MR) is 80.3 cm³/mol. The molecular formula is C14H16FN3O2S. The molecule has 1 heterocycles. The number of hydrogen-bond acceptors (Lipinski definition) is 4. The maximum atomic E-state index is 13.3. The lowest BCUT2D eigenvalue weighted by atomic mass is 10.2. The second-order valence-electron chi connectivity index (χ2n) is 4.53. The van der Waals surface area contributed by atoms with Crippen molar-refractivity contribution in [3.8, 4) is 0 Å². The van der Waals surface area contributed by atoms with Crippen LogP contribution in [0.4, 0.5) is 15.9 Å². The Bertz CT molecular complexity index is 710. The molecule has 1 aromatic carbocycles. The molecule has 0 radical (unpaired) electrons. The van der Waals surface area contributed by atoms with Crippen molar-refractivity contribution in [2.24, 2.45) is 0 Å². The maximum absolute atomic E-state index is 13.3. The first-order valence-electron chi connectivity index (χ1n) is 6.40. The van der Waals surface area contributed by atoms with Gasteiger partial charge in [0.1, 0.15) is 16.5 Å². The van der Waals surface area contributed by atoms with Crippen molar-refractivity contribution in [1.82, 2.24) is 4.98 Å². The summed E-state index contributed by atoms with van der Waals surface area (Å²) in [6.45, 7) is 4.30. The zero-order valence-corrected chi connectivity index (χ0v) is 12.5. The van der Waals surface area contributed by atoms with E-state index in [4.69, 9.17) is 0 Å². The molecule has 2 N–H and O–H groups in total. The molecule has 0 spiro atoms. The average Bonchev–Trinajstić information content (AvgIpc) is 2.38. The molecule has 0 aliphatic carbocycles. The third-order valence-electron chi connectivity index (χ3n) is 2.70. The van der Waals surface area contributed by atoms with Crippen LogP contribution >= 0.6 is 0 Å². The van der Waals surface area contributed by atoms with E-state index in [0.29, 0.717) is 17.9 Å². The van der Waals surface area contributed by atoms with Crippen molar-refractivity contribution < 1.29 is 12.8 Å². The third kappa shape index (κ3) is 3.91. The number of benzene rings is 1. The van der Waals surface area contributed by atoms with Gasteiger partial charge in [0.2, 0.25) is 0 Å². The van der Waals surface area contributed by atoms with E-state index >= 15 is 0 Å². The number of aromatic nitrogens is 1. The molecule has 1 aromatic heterocycles. The summed E-state index contributed by atoms with van der Waals surface area (Å²) in [4.78, 5) is 4.03. The molecule has 7 heteroatoms. The molecule has 21 heavy (non-hydrogen) atoms. The quantitative estimate of drug-likeness (QED) is 0.891. The van der Waals surface area contributed by atoms with Crippen LogP contribution in [0.5, 0.6) is 0 Å². The van der Waals surface area contributed by atoms with Crippen LogP contribution in [-0.2, 0) is 10.0 Å². The topological polar surface area (TPSA) is 71.1 Å². The second-order valence-corrected chi connectivity index (χ2v) is 6.21. The van der Waals surface area contributed by atoms with Crippen molar-refractivity contribution >= 4 is 21.5 Å². The summed E-state index contributed by atoms with van der Waals surface area (Å²) >= 11 is 0. The Morgan fingerprint density at radius 1 is 1.24 bits per heavy atom. The fraction of sp³-hybridized carbons (Fsp3) is 0.214. The lowest BCUT2D eigenvalue weighted by Crippen LogP contribution is -2.13. The highest BCUT2D eigenvalue weighted by molar-refractivity contribution is 7.92. The van der Waals surface area contributed by atoms with Crippen molar-refractivity contribution in [2.45, 2.75) is 18.7 Å². The number of halogens is 1. The van der Waals surface area contributed by atoms with Gasteiger partial charge in [-0.2, -0.15) is 0 Å². The highest BCUT2D eigenvalue weighted by Gasteiger charge is 2.15. The zero-order valence-electron chi connectivity index (χ0n) is 11.7. The van der Waals surface area contributed by atoms with Crippen molar-refractivity contribution in [3.63, 3.8) is 0 Å². The van der Waals surface area contributed by atoms with Gasteiger partial charge in [-0.25, -0.2) is 17.8 Å². The Morgan fingerprint density at radius 2 is 2.00 bits per heavy atom. The fourth-order valence-corrected chi connectivity index (χ4v) is 2.82. The molecule has 0 atom stereocenters. The molecule has 5 nitrogen and oxygen atoms in total. The first-order valence-corrected chi connectivity index (χ1v) is 7.89. The van der Waals surface area contributed by atoms with Gasteiger partial charge in [0.05, 0.1) is 5.69 Å². The molecule has 112 valence electrons. The van der Waals surface area contributed by atoms with Crippen molar-refractivity contribution in [1.29, 1.82) is 0 Å². The van der Waals surface area contributed by atoms with E-state index in [-0.39, 0.29) is 10.6 Å². The van der Waals surface area contributed by atoms with E-state index in [2.05, 4.69) is 15.0 Å². The number of anilines is 2. The SMILES string of the molecule is CCNc1ccc(S(=O)(=O)Nc2cc(C)cc(F)c2)cn1. The number of rotatable bonds is 5. The molecule has 2 aromatic rings. The van der Waals surface area contributed by atoms with Crippen molar-refractivity contribution in [2.75, 3.05) is 16.6 Å². The van der Waals surface area contributed by atoms with Gasteiger partial charge in [-0.3, -0.25) is 4.72 Å². The Morgan fingerprint density at radius 3 is 2.57 bits per heavy atom. The third-order valence-corrected chi connectivity index (χ3v) is 4.07. The van der Waals surface area contributed by atoms with Crippen LogP contribution < -0.4 is 10.0 Å². The molecule has 0 saturated carbocycles. The minimum absolute atomic E-state index is 0.0195. The normalized spacial score (nSPS) is 11.2. The number of aryl methyl sites for hydroxylation is 1. The van der Waals surface area contributed by atoms with E-state index in [1.54, 1.807) is 19.1 Å². The summed E-state index contributed by atoms with van der Waals surface area (Å²) < 4.78 is 40.0. The van der Waals surface area contributed by atoms with E-state index in [0.717, 1.165) is 6.07 Å². The predicted octanol–water partition coefficient (Wildman–Crippen LogP) is 2.76. The smallest absolute Gasteiger partial charge is 0.263 e.